The van der Waals surface area contributed by atoms with E-state index in [1.54, 1.807) is 18.5 Å². The predicted molar refractivity (Wildman–Crippen MR) is 116 cm³/mol. The smallest absolute Gasteiger partial charge is 0.303 e. The fourth-order valence-electron chi connectivity index (χ4n) is 4.31. The van der Waals surface area contributed by atoms with E-state index in [4.69, 9.17) is 18.9 Å². The van der Waals surface area contributed by atoms with E-state index in [1.165, 1.54) is 36.1 Å². The third-order valence-corrected chi connectivity index (χ3v) is 5.71. The van der Waals surface area contributed by atoms with Crippen molar-refractivity contribution in [2.75, 3.05) is 6.61 Å². The number of imidazole rings is 2. The highest BCUT2D eigenvalue weighted by atomic mass is 16.7. The maximum absolute atomic E-state index is 13.2. The molecule has 0 aromatic carbocycles. The number of carbonyl (C=O) groups is 3. The molecule has 0 bridgehead atoms. The van der Waals surface area contributed by atoms with Crippen LogP contribution in [-0.2, 0) is 47.0 Å². The van der Waals surface area contributed by atoms with Gasteiger partial charge < -0.3 is 24.1 Å². The molecule has 4 heterocycles. The number of fused-ring (bicyclic) bond motifs is 2. The van der Waals surface area contributed by atoms with E-state index in [-0.39, 0.29) is 23.5 Å². The number of aromatic nitrogens is 5. The van der Waals surface area contributed by atoms with Crippen LogP contribution in [0.15, 0.2) is 11.1 Å². The lowest BCUT2D eigenvalue weighted by molar-refractivity contribution is -0.166. The molecule has 4 atom stereocenters. The molecule has 3 aromatic rings. The lowest BCUT2D eigenvalue weighted by Gasteiger charge is -2.24. The Kier molecular flexibility index (Phi) is 6.34. The van der Waals surface area contributed by atoms with Crippen molar-refractivity contribution in [3.05, 3.63) is 28.1 Å². The molecule has 0 unspecified atom stereocenters. The molecule has 0 amide bonds. The van der Waals surface area contributed by atoms with Crippen LogP contribution in [0.2, 0.25) is 0 Å². The molecule has 4 rings (SSSR count). The number of esters is 3. The first kappa shape index (κ1) is 24.3. The van der Waals surface area contributed by atoms with Crippen molar-refractivity contribution in [2.45, 2.75) is 58.8 Å². The van der Waals surface area contributed by atoms with E-state index >= 15 is 0 Å². The highest BCUT2D eigenvalue weighted by Gasteiger charge is 2.51. The molecule has 0 saturated carbocycles. The number of aliphatic hydroxyl groups excluding tert-OH is 1. The fraction of sp³-hybridized carbons (Fsp3) is 0.524. The van der Waals surface area contributed by atoms with Gasteiger partial charge in [0.05, 0.1) is 24.3 Å². The van der Waals surface area contributed by atoms with Gasteiger partial charge in [0.1, 0.15) is 12.7 Å². The number of hydrogen-bond acceptors (Lipinski definition) is 11. The standard InChI is InChI=1S/C21H25N5O9/c1-9-13(6-27)26-19(31)15-18(24(5)21(26)23-9)25(8-22-15)20-17(34-12(4)30)16(33-11(3)29)14(35-20)7-32-10(2)28/h8,14,16-17,20,27H,6-7H2,1-5H3/t14-,16-,17-,20-/m1/s1. The fourth-order valence-corrected chi connectivity index (χ4v) is 4.31. The first-order valence-corrected chi connectivity index (χ1v) is 10.7. The second kappa shape index (κ2) is 9.11. The minimum atomic E-state index is -1.14. The number of rotatable bonds is 6. The van der Waals surface area contributed by atoms with E-state index in [1.807, 2.05) is 0 Å². The van der Waals surface area contributed by atoms with Gasteiger partial charge in [-0.2, -0.15) is 0 Å². The van der Waals surface area contributed by atoms with Crippen LogP contribution in [0, 0.1) is 6.92 Å². The average molecular weight is 491 g/mol. The number of aryl methyl sites for hydroxylation is 2. The zero-order valence-electron chi connectivity index (χ0n) is 19.8. The van der Waals surface area contributed by atoms with Crippen molar-refractivity contribution in [3.8, 4) is 0 Å². The van der Waals surface area contributed by atoms with E-state index in [0.29, 0.717) is 11.4 Å². The van der Waals surface area contributed by atoms with Crippen LogP contribution in [0.25, 0.3) is 16.9 Å². The second-order valence-corrected chi connectivity index (χ2v) is 8.14. The van der Waals surface area contributed by atoms with Crippen molar-refractivity contribution < 1.29 is 38.4 Å². The quantitative estimate of drug-likeness (QED) is 0.349. The molecule has 1 N–H and O–H groups in total. The topological polar surface area (TPSA) is 165 Å². The van der Waals surface area contributed by atoms with E-state index in [0.717, 1.165) is 0 Å². The van der Waals surface area contributed by atoms with Gasteiger partial charge in [-0.05, 0) is 6.92 Å². The molecule has 1 fully saturated rings. The van der Waals surface area contributed by atoms with Crippen LogP contribution >= 0.6 is 0 Å². The summed E-state index contributed by atoms with van der Waals surface area (Å²) in [6.07, 6.45) is -2.97. The lowest BCUT2D eigenvalue weighted by Crippen LogP contribution is -2.40. The van der Waals surface area contributed by atoms with Gasteiger partial charge in [0, 0.05) is 27.8 Å². The first-order valence-electron chi connectivity index (χ1n) is 10.7. The predicted octanol–water partition coefficient (Wildman–Crippen LogP) is -0.493. The molecular weight excluding hydrogens is 466 g/mol. The first-order chi connectivity index (χ1) is 16.5. The second-order valence-electron chi connectivity index (χ2n) is 8.14. The minimum Gasteiger partial charge on any atom is -0.463 e. The van der Waals surface area contributed by atoms with Crippen LogP contribution in [0.1, 0.15) is 38.4 Å². The average Bonchev–Trinajstić information content (AvgIpc) is 3.44. The molecule has 3 aromatic heterocycles. The van der Waals surface area contributed by atoms with Gasteiger partial charge in [0.2, 0.25) is 5.78 Å². The van der Waals surface area contributed by atoms with Gasteiger partial charge in [0.15, 0.2) is 29.6 Å². The summed E-state index contributed by atoms with van der Waals surface area (Å²) in [6.45, 7) is 4.61. The Balaban J connectivity index is 1.89. The Morgan fingerprint density at radius 3 is 2.37 bits per heavy atom. The van der Waals surface area contributed by atoms with Crippen LogP contribution in [0.4, 0.5) is 0 Å². The molecule has 1 aliphatic rings. The van der Waals surface area contributed by atoms with Gasteiger partial charge in [0.25, 0.3) is 5.56 Å². The molecular formula is C21H25N5O9. The van der Waals surface area contributed by atoms with Gasteiger partial charge in [-0.15, -0.1) is 0 Å². The van der Waals surface area contributed by atoms with Crippen molar-refractivity contribution in [1.29, 1.82) is 0 Å². The van der Waals surface area contributed by atoms with E-state index in [2.05, 4.69) is 9.97 Å². The Labute approximate surface area is 198 Å². The molecule has 188 valence electrons. The summed E-state index contributed by atoms with van der Waals surface area (Å²) in [5.41, 5.74) is 0.638. The molecule has 14 nitrogen and oxygen atoms in total. The zero-order chi connectivity index (χ0) is 25.6. The summed E-state index contributed by atoms with van der Waals surface area (Å²) >= 11 is 0. The summed E-state index contributed by atoms with van der Waals surface area (Å²) in [6, 6.07) is 0. The number of aliphatic hydroxyl groups is 1. The van der Waals surface area contributed by atoms with Crippen LogP contribution < -0.4 is 5.56 Å². The van der Waals surface area contributed by atoms with Gasteiger partial charge in [-0.3, -0.25) is 28.3 Å². The third kappa shape index (κ3) is 4.14. The Morgan fingerprint density at radius 2 is 1.77 bits per heavy atom. The number of nitrogens with zero attached hydrogens (tertiary/aromatic N) is 5. The molecule has 0 spiro atoms. The molecule has 0 radical (unpaired) electrons. The van der Waals surface area contributed by atoms with E-state index in [9.17, 15) is 24.3 Å². The van der Waals surface area contributed by atoms with Crippen molar-refractivity contribution in [3.63, 3.8) is 0 Å². The Morgan fingerprint density at radius 1 is 1.11 bits per heavy atom. The lowest BCUT2D eigenvalue weighted by atomic mass is 10.1. The third-order valence-electron chi connectivity index (χ3n) is 5.71. The Bertz CT molecular complexity index is 1390. The van der Waals surface area contributed by atoms with Gasteiger partial charge in [-0.25, -0.2) is 14.4 Å². The van der Waals surface area contributed by atoms with Crippen LogP contribution in [-0.4, -0.2) is 71.4 Å². The van der Waals surface area contributed by atoms with Crippen LogP contribution in [0.3, 0.4) is 0 Å². The molecule has 14 heteroatoms. The summed E-state index contributed by atoms with van der Waals surface area (Å²) in [5, 5.41) is 9.73. The molecule has 1 saturated heterocycles. The SMILES string of the molecule is CC(=O)OC[C@H]1O[C@@H](n2cnc3c(=O)n4c(CO)c(C)nc4n(C)c32)[C@H](OC(C)=O)[C@@H]1OC(C)=O. The van der Waals surface area contributed by atoms with Crippen molar-refractivity contribution >= 4 is 34.8 Å². The zero-order valence-corrected chi connectivity index (χ0v) is 19.8. The summed E-state index contributed by atoms with van der Waals surface area (Å²) < 4.78 is 26.3. The monoisotopic (exact) mass is 491 g/mol. The highest BCUT2D eigenvalue weighted by molar-refractivity contribution is 5.74. The largest absolute Gasteiger partial charge is 0.463 e. The maximum Gasteiger partial charge on any atom is 0.303 e. The highest BCUT2D eigenvalue weighted by Crippen LogP contribution is 2.36. The summed E-state index contributed by atoms with van der Waals surface area (Å²) in [4.78, 5) is 57.0. The molecule has 35 heavy (non-hydrogen) atoms. The number of hydrogen-bond donors (Lipinski definition) is 1. The molecule has 0 aliphatic carbocycles. The van der Waals surface area contributed by atoms with Gasteiger partial charge >= 0.3 is 17.9 Å². The summed E-state index contributed by atoms with van der Waals surface area (Å²) in [7, 11) is 1.65. The van der Waals surface area contributed by atoms with Gasteiger partial charge in [-0.1, -0.05) is 0 Å². The molecule has 1 aliphatic heterocycles. The summed E-state index contributed by atoms with van der Waals surface area (Å²) in [5.74, 6) is -1.64. The minimum absolute atomic E-state index is 0.0461. The van der Waals surface area contributed by atoms with Crippen molar-refractivity contribution in [2.24, 2.45) is 7.05 Å². The van der Waals surface area contributed by atoms with Crippen LogP contribution in [0.5, 0.6) is 0 Å². The van der Waals surface area contributed by atoms with Crippen molar-refractivity contribution in [1.82, 2.24) is 23.5 Å². The normalized spacial score (nSPS) is 22.0. The number of carbonyl (C=O) groups excluding carboxylic acids is 3. The Hall–Kier alpha value is -3.78. The maximum atomic E-state index is 13.2. The van der Waals surface area contributed by atoms with E-state index < -0.39 is 54.6 Å². The number of ether oxygens (including phenoxy) is 4.